The van der Waals surface area contributed by atoms with E-state index >= 15 is 0 Å². The summed E-state index contributed by atoms with van der Waals surface area (Å²) in [5.41, 5.74) is 2.93. The Morgan fingerprint density at radius 2 is 1.53 bits per heavy atom. The molecule has 0 unspecified atom stereocenters. The lowest BCUT2D eigenvalue weighted by Crippen LogP contribution is -2.20. The van der Waals surface area contributed by atoms with Crippen molar-refractivity contribution in [3.63, 3.8) is 0 Å². The molecule has 0 aliphatic rings. The zero-order valence-electron chi connectivity index (χ0n) is 17.3. The van der Waals surface area contributed by atoms with Gasteiger partial charge in [-0.1, -0.05) is 41.4 Å². The number of rotatable bonds is 7. The molecule has 0 aliphatic carbocycles. The number of nitrogens with zero attached hydrogens (tertiary/aromatic N) is 1. The van der Waals surface area contributed by atoms with Crippen molar-refractivity contribution in [1.82, 2.24) is 0 Å². The molecule has 0 saturated carbocycles. The van der Waals surface area contributed by atoms with Crippen molar-refractivity contribution in [2.75, 3.05) is 17.2 Å². The van der Waals surface area contributed by atoms with E-state index in [2.05, 4.69) is 10.6 Å². The van der Waals surface area contributed by atoms with Crippen LogP contribution in [0.3, 0.4) is 0 Å². The maximum absolute atomic E-state index is 12.3. The fourth-order valence-electron chi connectivity index (χ4n) is 2.69. The van der Waals surface area contributed by atoms with Crippen LogP contribution in [0.25, 0.3) is 6.08 Å². The Morgan fingerprint density at radius 1 is 0.938 bits per heavy atom. The fourth-order valence-corrected chi connectivity index (χ4v) is 2.82. The van der Waals surface area contributed by atoms with Gasteiger partial charge in [-0.2, -0.15) is 5.26 Å². The first kappa shape index (κ1) is 22.6. The smallest absolute Gasteiger partial charge is 0.266 e. The zero-order chi connectivity index (χ0) is 22.9. The summed E-state index contributed by atoms with van der Waals surface area (Å²) in [5.74, 6) is -0.309. The van der Waals surface area contributed by atoms with Crippen molar-refractivity contribution in [3.8, 4) is 11.8 Å². The lowest BCUT2D eigenvalue weighted by Gasteiger charge is -2.08. The number of hydrogen-bond acceptors (Lipinski definition) is 4. The molecular weight excluding hydrogens is 426 g/mol. The van der Waals surface area contributed by atoms with E-state index in [0.717, 1.165) is 5.56 Å². The van der Waals surface area contributed by atoms with Crippen molar-refractivity contribution < 1.29 is 14.3 Å². The Balaban J connectivity index is 1.56. The Hall–Kier alpha value is -4.08. The van der Waals surface area contributed by atoms with E-state index in [1.807, 2.05) is 37.3 Å². The third kappa shape index (κ3) is 6.73. The van der Waals surface area contributed by atoms with Crippen LogP contribution in [-0.2, 0) is 9.59 Å². The van der Waals surface area contributed by atoms with Crippen LogP contribution in [-0.4, -0.2) is 18.4 Å². The first-order valence-corrected chi connectivity index (χ1v) is 10.1. The van der Waals surface area contributed by atoms with Crippen molar-refractivity contribution in [1.29, 1.82) is 5.26 Å². The molecule has 0 heterocycles. The Labute approximate surface area is 191 Å². The van der Waals surface area contributed by atoms with Gasteiger partial charge in [-0.05, 0) is 67.1 Å². The van der Waals surface area contributed by atoms with Crippen LogP contribution in [0.15, 0.2) is 78.4 Å². The molecule has 0 aromatic heterocycles. The number of benzene rings is 3. The summed E-state index contributed by atoms with van der Waals surface area (Å²) < 4.78 is 5.50. The van der Waals surface area contributed by atoms with Crippen LogP contribution >= 0.6 is 11.6 Å². The lowest BCUT2D eigenvalue weighted by atomic mass is 10.1. The Morgan fingerprint density at radius 3 is 2.16 bits per heavy atom. The molecule has 2 N–H and O–H groups in total. The number of hydrogen-bond donors (Lipinski definition) is 2. The maximum atomic E-state index is 12.3. The topological polar surface area (TPSA) is 91.2 Å². The average Bonchev–Trinajstić information content (AvgIpc) is 2.80. The van der Waals surface area contributed by atoms with Crippen molar-refractivity contribution >= 4 is 40.9 Å². The van der Waals surface area contributed by atoms with E-state index < -0.39 is 5.91 Å². The molecule has 3 rings (SSSR count). The minimum absolute atomic E-state index is 0.0499. The van der Waals surface area contributed by atoms with Crippen LogP contribution in [0.1, 0.15) is 11.1 Å². The second-order valence-electron chi connectivity index (χ2n) is 6.90. The summed E-state index contributed by atoms with van der Waals surface area (Å²) in [6.45, 7) is 1.83. The van der Waals surface area contributed by atoms with Gasteiger partial charge in [0, 0.05) is 16.4 Å². The molecule has 0 radical (unpaired) electrons. The molecule has 0 aliphatic heterocycles. The van der Waals surface area contributed by atoms with Gasteiger partial charge in [0.05, 0.1) is 0 Å². The Kier molecular flexibility index (Phi) is 7.63. The van der Waals surface area contributed by atoms with E-state index in [9.17, 15) is 14.9 Å². The largest absolute Gasteiger partial charge is 0.484 e. The second kappa shape index (κ2) is 10.8. The van der Waals surface area contributed by atoms with Gasteiger partial charge in [-0.3, -0.25) is 9.59 Å². The Bertz CT molecular complexity index is 1160. The molecule has 0 atom stereocenters. The van der Waals surface area contributed by atoms with Crippen molar-refractivity contribution in [2.45, 2.75) is 6.92 Å². The zero-order valence-corrected chi connectivity index (χ0v) is 18.0. The number of nitriles is 1. The number of halogens is 1. The van der Waals surface area contributed by atoms with E-state index in [0.29, 0.717) is 27.7 Å². The van der Waals surface area contributed by atoms with E-state index in [4.69, 9.17) is 16.3 Å². The van der Waals surface area contributed by atoms with E-state index in [1.165, 1.54) is 6.08 Å². The number of anilines is 2. The SMILES string of the molecule is Cc1ccc(NC(=O)COc2ccc(/C=C(/C#N)C(=O)Nc3ccc(Cl)cc3)cc2)cc1. The molecule has 6 nitrogen and oxygen atoms in total. The predicted octanol–water partition coefficient (Wildman–Crippen LogP) is 5.21. The molecular formula is C25H20ClN3O3. The molecule has 0 bridgehead atoms. The molecule has 0 fully saturated rings. The second-order valence-corrected chi connectivity index (χ2v) is 7.34. The quantitative estimate of drug-likeness (QED) is 0.385. The van der Waals surface area contributed by atoms with Crippen LogP contribution in [0.5, 0.6) is 5.75 Å². The van der Waals surface area contributed by atoms with Crippen LogP contribution in [0, 0.1) is 18.3 Å². The van der Waals surface area contributed by atoms with Crippen molar-refractivity contribution in [3.05, 3.63) is 94.5 Å². The number of carbonyl (C=O) groups excluding carboxylic acids is 2. The summed E-state index contributed by atoms with van der Waals surface area (Å²) in [5, 5.41) is 15.3. The number of amides is 2. The minimum atomic E-state index is -0.525. The molecule has 0 spiro atoms. The average molecular weight is 446 g/mol. The molecule has 0 saturated heterocycles. The summed E-state index contributed by atoms with van der Waals surface area (Å²) in [7, 11) is 0. The van der Waals surface area contributed by atoms with Crippen LogP contribution in [0.4, 0.5) is 11.4 Å². The highest BCUT2D eigenvalue weighted by Gasteiger charge is 2.10. The summed E-state index contributed by atoms with van der Waals surface area (Å²) >= 11 is 5.83. The molecule has 32 heavy (non-hydrogen) atoms. The van der Waals surface area contributed by atoms with Gasteiger partial charge in [0.15, 0.2) is 6.61 Å². The van der Waals surface area contributed by atoms with Crippen LogP contribution in [0.2, 0.25) is 5.02 Å². The van der Waals surface area contributed by atoms with Crippen molar-refractivity contribution in [2.24, 2.45) is 0 Å². The van der Waals surface area contributed by atoms with Gasteiger partial charge in [0.25, 0.3) is 11.8 Å². The first-order valence-electron chi connectivity index (χ1n) is 9.71. The number of carbonyl (C=O) groups is 2. The molecule has 2 amide bonds. The van der Waals surface area contributed by atoms with Crippen LogP contribution < -0.4 is 15.4 Å². The maximum Gasteiger partial charge on any atom is 0.266 e. The summed E-state index contributed by atoms with van der Waals surface area (Å²) in [6.07, 6.45) is 1.47. The minimum Gasteiger partial charge on any atom is -0.484 e. The monoisotopic (exact) mass is 445 g/mol. The number of aryl methyl sites for hydroxylation is 1. The molecule has 160 valence electrons. The van der Waals surface area contributed by atoms with E-state index in [1.54, 1.807) is 48.5 Å². The molecule has 7 heteroatoms. The normalized spacial score (nSPS) is 10.7. The highest BCUT2D eigenvalue weighted by atomic mass is 35.5. The van der Waals surface area contributed by atoms with Gasteiger partial charge in [0.2, 0.25) is 0 Å². The lowest BCUT2D eigenvalue weighted by molar-refractivity contribution is -0.118. The van der Waals surface area contributed by atoms with E-state index in [-0.39, 0.29) is 18.1 Å². The first-order chi connectivity index (χ1) is 15.4. The number of ether oxygens (including phenoxy) is 1. The fraction of sp³-hybridized carbons (Fsp3) is 0.0800. The predicted molar refractivity (Wildman–Crippen MR) is 125 cm³/mol. The molecule has 3 aromatic carbocycles. The highest BCUT2D eigenvalue weighted by Crippen LogP contribution is 2.17. The number of nitrogens with one attached hydrogen (secondary N) is 2. The standard InChI is InChI=1S/C25H20ClN3O3/c1-17-2-8-21(9-3-17)28-24(30)16-32-23-12-4-18(5-13-23)14-19(15-27)25(31)29-22-10-6-20(26)7-11-22/h2-14H,16H2,1H3,(H,28,30)(H,29,31)/b19-14-. The van der Waals surface area contributed by atoms with Gasteiger partial charge in [-0.25, -0.2) is 0 Å². The summed E-state index contributed by atoms with van der Waals surface area (Å²) in [6, 6.07) is 22.7. The van der Waals surface area contributed by atoms with Gasteiger partial charge >= 0.3 is 0 Å². The van der Waals surface area contributed by atoms with Gasteiger partial charge < -0.3 is 15.4 Å². The molecule has 3 aromatic rings. The third-order valence-electron chi connectivity index (χ3n) is 4.36. The summed E-state index contributed by atoms with van der Waals surface area (Å²) in [4.78, 5) is 24.4. The van der Waals surface area contributed by atoms with Gasteiger partial charge in [0.1, 0.15) is 17.4 Å². The third-order valence-corrected chi connectivity index (χ3v) is 4.62. The highest BCUT2D eigenvalue weighted by molar-refractivity contribution is 6.30. The van der Waals surface area contributed by atoms with Gasteiger partial charge in [-0.15, -0.1) is 0 Å².